The Balaban J connectivity index is -0.000000161. The number of halogens is 1. The molecule has 0 aromatic heterocycles. The Labute approximate surface area is 316 Å². The summed E-state index contributed by atoms with van der Waals surface area (Å²) < 4.78 is 0. The lowest BCUT2D eigenvalue weighted by atomic mass is 10.0. The average molecular weight is 740 g/mol. The highest BCUT2D eigenvalue weighted by molar-refractivity contribution is 6.63. The van der Waals surface area contributed by atoms with Crippen molar-refractivity contribution in [2.24, 2.45) is 5.73 Å². The van der Waals surface area contributed by atoms with Crippen LogP contribution in [-0.2, 0) is 19.2 Å². The van der Waals surface area contributed by atoms with E-state index >= 15 is 0 Å². The standard InChI is InChI=1S/C19H37NO3.C16H31ClO.C3H7NO2.3CH4/c1-3-4-5-6-7-8-9-10-11-12-13-14-15-16-18(21)20-17(2)19(22)23;1-2-3-4-5-6-7-8-9-10-11-12-13-14-15-16(17)18;1-2(4)3(5)6;;;/h17H,3-16H2,1-2H3,(H,20,21)(H,22,23);2-15H2,1H3;2H,4H2,1H3,(H,5,6);3*1H4. The minimum Gasteiger partial charge on any atom is -0.480 e. The largest absolute Gasteiger partial charge is 0.480 e. The third-order valence-electron chi connectivity index (χ3n) is 8.12. The summed E-state index contributed by atoms with van der Waals surface area (Å²) in [7, 11) is 0. The van der Waals surface area contributed by atoms with Gasteiger partial charge in [0.2, 0.25) is 11.1 Å². The lowest BCUT2D eigenvalue weighted by Gasteiger charge is -2.08. The minimum absolute atomic E-state index is 0. The van der Waals surface area contributed by atoms with Gasteiger partial charge < -0.3 is 21.3 Å². The van der Waals surface area contributed by atoms with Crippen LogP contribution in [0.4, 0.5) is 0 Å². The van der Waals surface area contributed by atoms with Crippen LogP contribution in [0.1, 0.15) is 230 Å². The summed E-state index contributed by atoms with van der Waals surface area (Å²) >= 11 is 5.28. The molecule has 0 aromatic carbocycles. The van der Waals surface area contributed by atoms with E-state index in [0.717, 1.165) is 25.7 Å². The third-order valence-corrected chi connectivity index (χ3v) is 8.31. The summed E-state index contributed by atoms with van der Waals surface area (Å²) in [4.78, 5) is 42.2. The monoisotopic (exact) mass is 739 g/mol. The molecule has 0 aliphatic carbocycles. The maximum atomic E-state index is 11.5. The smallest absolute Gasteiger partial charge is 0.325 e. The number of hydrogen-bond donors (Lipinski definition) is 4. The summed E-state index contributed by atoms with van der Waals surface area (Å²) in [5.74, 6) is -2.10. The molecule has 0 saturated carbocycles. The third kappa shape index (κ3) is 58.5. The Kier molecular flexibility index (Phi) is 59.7. The molecule has 5 N–H and O–H groups in total. The van der Waals surface area contributed by atoms with E-state index < -0.39 is 24.0 Å². The molecule has 0 rings (SSSR count). The number of carbonyl (C=O) groups is 4. The molecule has 304 valence electrons. The van der Waals surface area contributed by atoms with Crippen LogP contribution < -0.4 is 11.1 Å². The number of carbonyl (C=O) groups excluding carboxylic acids is 2. The Morgan fingerprint density at radius 2 is 0.740 bits per heavy atom. The van der Waals surface area contributed by atoms with Crippen molar-refractivity contribution in [1.82, 2.24) is 5.32 Å². The van der Waals surface area contributed by atoms with Crippen LogP contribution in [0.25, 0.3) is 0 Å². The normalized spacial score (nSPS) is 11.1. The quantitative estimate of drug-likeness (QED) is 0.0409. The average Bonchev–Trinajstić information content (AvgIpc) is 3.02. The highest BCUT2D eigenvalue weighted by Crippen LogP contribution is 2.14. The van der Waals surface area contributed by atoms with Gasteiger partial charge in [-0.1, -0.05) is 190 Å². The molecule has 2 atom stereocenters. The first kappa shape index (κ1) is 60.4. The van der Waals surface area contributed by atoms with E-state index in [0.29, 0.717) is 12.8 Å². The van der Waals surface area contributed by atoms with E-state index in [9.17, 15) is 19.2 Å². The molecule has 2 unspecified atom stereocenters. The van der Waals surface area contributed by atoms with Gasteiger partial charge in [0.1, 0.15) is 12.1 Å². The number of nitrogens with one attached hydrogen (secondary N) is 1. The summed E-state index contributed by atoms with van der Waals surface area (Å²) in [6.45, 7) is 7.43. The van der Waals surface area contributed by atoms with Gasteiger partial charge in [-0.15, -0.1) is 0 Å². The molecule has 1 amide bonds. The van der Waals surface area contributed by atoms with E-state index in [1.165, 1.54) is 155 Å². The number of carboxylic acid groups (broad SMARTS) is 2. The zero-order chi connectivity index (χ0) is 36.0. The molecule has 0 aliphatic heterocycles. The van der Waals surface area contributed by atoms with E-state index in [2.05, 4.69) is 19.2 Å². The van der Waals surface area contributed by atoms with Crippen LogP contribution in [0.3, 0.4) is 0 Å². The molecule has 0 heterocycles. The predicted molar refractivity (Wildman–Crippen MR) is 218 cm³/mol. The second-order valence-electron chi connectivity index (χ2n) is 13.1. The Morgan fingerprint density at radius 3 is 0.960 bits per heavy atom. The fourth-order valence-electron chi connectivity index (χ4n) is 4.96. The first-order valence-corrected chi connectivity index (χ1v) is 19.6. The molecular formula is C41H87ClN2O6. The zero-order valence-corrected chi connectivity index (χ0v) is 31.7. The highest BCUT2D eigenvalue weighted by Gasteiger charge is 2.13. The van der Waals surface area contributed by atoms with E-state index in [1.54, 1.807) is 0 Å². The molecule has 0 aromatic rings. The van der Waals surface area contributed by atoms with Gasteiger partial charge in [-0.05, 0) is 38.3 Å². The van der Waals surface area contributed by atoms with Crippen molar-refractivity contribution < 1.29 is 29.4 Å². The second-order valence-corrected chi connectivity index (χ2v) is 13.5. The fraction of sp³-hybridized carbons (Fsp3) is 0.902. The van der Waals surface area contributed by atoms with Gasteiger partial charge in [-0.25, -0.2) is 0 Å². The first-order chi connectivity index (χ1) is 22.5. The van der Waals surface area contributed by atoms with Crippen LogP contribution in [-0.4, -0.2) is 45.4 Å². The maximum absolute atomic E-state index is 11.5. The lowest BCUT2D eigenvalue weighted by Crippen LogP contribution is -2.38. The van der Waals surface area contributed by atoms with Crippen LogP contribution in [0.2, 0.25) is 0 Å². The SMILES string of the molecule is C.C.C.CC(N)C(=O)O.CCCCCCCCCCCCCCCC(=O)Cl.CCCCCCCCCCCCCCCC(=O)NC(C)C(=O)O. The van der Waals surface area contributed by atoms with Crippen molar-refractivity contribution in [3.05, 3.63) is 0 Å². The van der Waals surface area contributed by atoms with Crippen molar-refractivity contribution in [2.75, 3.05) is 0 Å². The number of carboxylic acids is 2. The van der Waals surface area contributed by atoms with Gasteiger partial charge in [0.25, 0.3) is 0 Å². The Hall–Kier alpha value is -1.67. The second kappa shape index (κ2) is 49.4. The highest BCUT2D eigenvalue weighted by atomic mass is 35.5. The van der Waals surface area contributed by atoms with Gasteiger partial charge in [-0.3, -0.25) is 19.2 Å². The van der Waals surface area contributed by atoms with Crippen molar-refractivity contribution in [3.63, 3.8) is 0 Å². The lowest BCUT2D eigenvalue weighted by molar-refractivity contribution is -0.141. The summed E-state index contributed by atoms with van der Waals surface area (Å²) in [6.07, 6.45) is 35.0. The first-order valence-electron chi connectivity index (χ1n) is 19.2. The van der Waals surface area contributed by atoms with Crippen LogP contribution in [0.15, 0.2) is 0 Å². The number of amides is 1. The van der Waals surface area contributed by atoms with E-state index in [4.69, 9.17) is 27.5 Å². The summed E-state index contributed by atoms with van der Waals surface area (Å²) in [5.41, 5.74) is 4.84. The number of nitrogens with two attached hydrogens (primary N) is 1. The molecule has 0 aliphatic rings. The summed E-state index contributed by atoms with van der Waals surface area (Å²) in [5, 5.41) is 18.9. The molecule has 0 bridgehead atoms. The molecular weight excluding hydrogens is 652 g/mol. The summed E-state index contributed by atoms with van der Waals surface area (Å²) in [6, 6.07) is -1.52. The topological polar surface area (TPSA) is 147 Å². The van der Waals surface area contributed by atoms with Crippen LogP contribution >= 0.6 is 11.6 Å². The molecule has 8 nitrogen and oxygen atoms in total. The molecule has 9 heteroatoms. The molecule has 0 spiro atoms. The number of hydrogen-bond acceptors (Lipinski definition) is 5. The minimum atomic E-state index is -0.983. The van der Waals surface area contributed by atoms with Crippen molar-refractivity contribution >= 4 is 34.7 Å². The number of rotatable bonds is 31. The van der Waals surface area contributed by atoms with Crippen LogP contribution in [0.5, 0.6) is 0 Å². The zero-order valence-electron chi connectivity index (χ0n) is 30.9. The van der Waals surface area contributed by atoms with Crippen molar-refractivity contribution in [2.45, 2.75) is 242 Å². The molecule has 0 saturated heterocycles. The number of aliphatic carboxylic acids is 2. The van der Waals surface area contributed by atoms with Gasteiger partial charge in [0, 0.05) is 12.8 Å². The van der Waals surface area contributed by atoms with Crippen molar-refractivity contribution in [1.29, 1.82) is 0 Å². The Morgan fingerprint density at radius 1 is 0.500 bits per heavy atom. The number of unbranched alkanes of at least 4 members (excludes halogenated alkanes) is 24. The van der Waals surface area contributed by atoms with Crippen molar-refractivity contribution in [3.8, 4) is 0 Å². The van der Waals surface area contributed by atoms with E-state index in [-0.39, 0.29) is 33.4 Å². The Bertz CT molecular complexity index is 721. The molecule has 50 heavy (non-hydrogen) atoms. The van der Waals surface area contributed by atoms with Gasteiger partial charge in [-0.2, -0.15) is 0 Å². The molecule has 0 radical (unpaired) electrons. The van der Waals surface area contributed by atoms with Gasteiger partial charge in [0.15, 0.2) is 0 Å². The molecule has 0 fully saturated rings. The van der Waals surface area contributed by atoms with Gasteiger partial charge in [0.05, 0.1) is 0 Å². The van der Waals surface area contributed by atoms with Crippen LogP contribution in [0, 0.1) is 0 Å². The van der Waals surface area contributed by atoms with E-state index in [1.807, 2.05) is 0 Å². The fourth-order valence-corrected chi connectivity index (χ4v) is 5.09. The maximum Gasteiger partial charge on any atom is 0.325 e. The van der Waals surface area contributed by atoms with Gasteiger partial charge >= 0.3 is 11.9 Å². The predicted octanol–water partition coefficient (Wildman–Crippen LogP) is 12.6.